The normalized spacial score (nSPS) is 22.1. The number of rotatable bonds is 4. The lowest BCUT2D eigenvalue weighted by molar-refractivity contribution is 0.179. The third-order valence-electron chi connectivity index (χ3n) is 4.13. The number of hydrogen-bond donors (Lipinski definition) is 1. The van der Waals surface area contributed by atoms with E-state index in [1.54, 1.807) is 7.11 Å². The van der Waals surface area contributed by atoms with Gasteiger partial charge in [-0.25, -0.2) is 4.79 Å². The van der Waals surface area contributed by atoms with Gasteiger partial charge in [0, 0.05) is 32.7 Å². The molecule has 5 heteroatoms. The molecule has 0 aromatic heterocycles. The van der Waals surface area contributed by atoms with E-state index in [1.165, 1.54) is 5.56 Å². The van der Waals surface area contributed by atoms with Crippen molar-refractivity contribution in [1.82, 2.24) is 15.1 Å². The quantitative estimate of drug-likeness (QED) is 0.890. The number of benzene rings is 1. The molecule has 1 aromatic rings. The number of fused-ring (bicyclic) bond motifs is 1. The molecule has 108 valence electrons. The molecule has 1 aromatic carbocycles. The molecule has 2 amide bonds. The molecule has 0 radical (unpaired) electrons. The van der Waals surface area contributed by atoms with E-state index < -0.39 is 0 Å². The first-order valence-corrected chi connectivity index (χ1v) is 7.17. The number of ether oxygens (including phenoxy) is 1. The zero-order chi connectivity index (χ0) is 13.9. The van der Waals surface area contributed by atoms with Gasteiger partial charge in [-0.3, -0.25) is 0 Å². The molecule has 5 nitrogen and oxygen atoms in total. The Bertz CT molecular complexity index is 475. The fourth-order valence-electron chi connectivity index (χ4n) is 2.93. The van der Waals surface area contributed by atoms with Crippen LogP contribution in [0.2, 0.25) is 0 Å². The molecule has 1 N–H and O–H groups in total. The van der Waals surface area contributed by atoms with Crippen molar-refractivity contribution >= 4 is 6.03 Å². The largest absolute Gasteiger partial charge is 0.497 e. The lowest BCUT2D eigenvalue weighted by atomic mass is 10.1. The first-order chi connectivity index (χ1) is 9.78. The first-order valence-electron chi connectivity index (χ1n) is 7.17. The predicted molar refractivity (Wildman–Crippen MR) is 77.0 cm³/mol. The minimum Gasteiger partial charge on any atom is -0.497 e. The molecule has 20 heavy (non-hydrogen) atoms. The van der Waals surface area contributed by atoms with Gasteiger partial charge >= 0.3 is 6.03 Å². The van der Waals surface area contributed by atoms with Crippen LogP contribution in [0.4, 0.5) is 4.79 Å². The van der Waals surface area contributed by atoms with E-state index in [9.17, 15) is 4.79 Å². The Hall–Kier alpha value is -1.75. The van der Waals surface area contributed by atoms with Crippen molar-refractivity contribution in [3.8, 4) is 5.75 Å². The highest BCUT2D eigenvalue weighted by Gasteiger charge is 2.37. The number of nitrogens with zero attached hydrogens (tertiary/aromatic N) is 2. The highest BCUT2D eigenvalue weighted by molar-refractivity contribution is 5.77. The lowest BCUT2D eigenvalue weighted by Gasteiger charge is -2.28. The average Bonchev–Trinajstić information content (AvgIpc) is 2.83. The molecular formula is C15H21N3O2. The van der Waals surface area contributed by atoms with E-state index in [0.717, 1.165) is 44.9 Å². The van der Waals surface area contributed by atoms with Gasteiger partial charge in [0.1, 0.15) is 5.75 Å². The number of amides is 2. The summed E-state index contributed by atoms with van der Waals surface area (Å²) in [5.41, 5.74) is 1.24. The Balaban J connectivity index is 1.56. The third-order valence-corrected chi connectivity index (χ3v) is 4.13. The number of urea groups is 1. The van der Waals surface area contributed by atoms with E-state index in [0.29, 0.717) is 6.04 Å². The Labute approximate surface area is 119 Å². The average molecular weight is 275 g/mol. The van der Waals surface area contributed by atoms with E-state index >= 15 is 0 Å². The molecular weight excluding hydrogens is 254 g/mol. The van der Waals surface area contributed by atoms with Gasteiger partial charge in [-0.1, -0.05) is 12.1 Å². The van der Waals surface area contributed by atoms with Crippen molar-refractivity contribution in [2.75, 3.05) is 39.8 Å². The standard InChI is InChI=1S/C15H21N3O2/c1-20-14-4-2-12(3-5-14)6-8-17-11-13-10-16-7-9-18(13)15(17)19/h2-5,13,16H,6-11H2,1H3. The van der Waals surface area contributed by atoms with Gasteiger partial charge in [-0.05, 0) is 24.1 Å². The summed E-state index contributed by atoms with van der Waals surface area (Å²) in [6.07, 6.45) is 0.893. The fraction of sp³-hybridized carbons (Fsp3) is 0.533. The summed E-state index contributed by atoms with van der Waals surface area (Å²) in [6.45, 7) is 4.31. The molecule has 0 aliphatic carbocycles. The molecule has 2 heterocycles. The van der Waals surface area contributed by atoms with E-state index in [-0.39, 0.29) is 6.03 Å². The summed E-state index contributed by atoms with van der Waals surface area (Å²) >= 11 is 0. The summed E-state index contributed by atoms with van der Waals surface area (Å²) in [5.74, 6) is 0.870. The zero-order valence-electron chi connectivity index (χ0n) is 11.8. The monoisotopic (exact) mass is 275 g/mol. The van der Waals surface area contributed by atoms with Crippen molar-refractivity contribution < 1.29 is 9.53 Å². The second-order valence-electron chi connectivity index (χ2n) is 5.38. The SMILES string of the molecule is COc1ccc(CCN2CC3CNCCN3C2=O)cc1. The van der Waals surface area contributed by atoms with Crippen molar-refractivity contribution in [3.63, 3.8) is 0 Å². The summed E-state index contributed by atoms with van der Waals surface area (Å²) in [7, 11) is 1.67. The number of carbonyl (C=O) groups is 1. The molecule has 2 saturated heterocycles. The second-order valence-corrected chi connectivity index (χ2v) is 5.38. The minimum atomic E-state index is 0.199. The van der Waals surface area contributed by atoms with Crippen LogP contribution in [0, 0.1) is 0 Å². The molecule has 0 spiro atoms. The van der Waals surface area contributed by atoms with Crippen LogP contribution in [0.15, 0.2) is 24.3 Å². The Morgan fingerprint density at radius 2 is 2.15 bits per heavy atom. The van der Waals surface area contributed by atoms with Crippen LogP contribution in [0.5, 0.6) is 5.75 Å². The fourth-order valence-corrected chi connectivity index (χ4v) is 2.93. The molecule has 2 aliphatic rings. The molecule has 2 fully saturated rings. The molecule has 0 bridgehead atoms. The maximum Gasteiger partial charge on any atom is 0.320 e. The summed E-state index contributed by atoms with van der Waals surface area (Å²) in [4.78, 5) is 16.2. The minimum absolute atomic E-state index is 0.199. The predicted octanol–water partition coefficient (Wildman–Crippen LogP) is 0.947. The van der Waals surface area contributed by atoms with Crippen LogP contribution in [-0.2, 0) is 6.42 Å². The first kappa shape index (κ1) is 13.2. The number of carbonyl (C=O) groups excluding carboxylic acids is 1. The molecule has 1 unspecified atom stereocenters. The van der Waals surface area contributed by atoms with Crippen molar-refractivity contribution in [3.05, 3.63) is 29.8 Å². The van der Waals surface area contributed by atoms with Gasteiger partial charge in [0.2, 0.25) is 0 Å². The van der Waals surface area contributed by atoms with E-state index in [4.69, 9.17) is 4.74 Å². The highest BCUT2D eigenvalue weighted by Crippen LogP contribution is 2.18. The molecule has 1 atom stereocenters. The van der Waals surface area contributed by atoms with Crippen molar-refractivity contribution in [2.45, 2.75) is 12.5 Å². The number of piperazine rings is 1. The Kier molecular flexibility index (Phi) is 3.78. The van der Waals surface area contributed by atoms with Crippen LogP contribution in [0.25, 0.3) is 0 Å². The van der Waals surface area contributed by atoms with Crippen molar-refractivity contribution in [2.24, 2.45) is 0 Å². The van der Waals surface area contributed by atoms with Gasteiger partial charge in [0.25, 0.3) is 0 Å². The third kappa shape index (κ3) is 2.58. The second kappa shape index (κ2) is 5.71. The van der Waals surface area contributed by atoms with Gasteiger partial charge in [0.05, 0.1) is 13.2 Å². The van der Waals surface area contributed by atoms with Gasteiger partial charge in [0.15, 0.2) is 0 Å². The molecule has 3 rings (SSSR count). The van der Waals surface area contributed by atoms with Crippen LogP contribution in [0.3, 0.4) is 0 Å². The Morgan fingerprint density at radius 3 is 2.85 bits per heavy atom. The van der Waals surface area contributed by atoms with E-state index in [2.05, 4.69) is 17.4 Å². The number of methoxy groups -OCH3 is 1. The molecule has 2 aliphatic heterocycles. The van der Waals surface area contributed by atoms with Crippen molar-refractivity contribution in [1.29, 1.82) is 0 Å². The lowest BCUT2D eigenvalue weighted by Crippen LogP contribution is -2.49. The highest BCUT2D eigenvalue weighted by atomic mass is 16.5. The van der Waals surface area contributed by atoms with E-state index in [1.807, 2.05) is 21.9 Å². The van der Waals surface area contributed by atoms with Gasteiger partial charge < -0.3 is 19.9 Å². The van der Waals surface area contributed by atoms with Gasteiger partial charge in [-0.15, -0.1) is 0 Å². The van der Waals surface area contributed by atoms with Crippen LogP contribution in [0.1, 0.15) is 5.56 Å². The van der Waals surface area contributed by atoms with Crippen LogP contribution >= 0.6 is 0 Å². The van der Waals surface area contributed by atoms with Crippen LogP contribution < -0.4 is 10.1 Å². The smallest absolute Gasteiger partial charge is 0.320 e. The Morgan fingerprint density at radius 1 is 1.35 bits per heavy atom. The van der Waals surface area contributed by atoms with Crippen LogP contribution in [-0.4, -0.2) is 61.7 Å². The summed E-state index contributed by atoms with van der Waals surface area (Å²) < 4.78 is 5.15. The molecule has 0 saturated carbocycles. The maximum atomic E-state index is 12.3. The number of hydrogen-bond acceptors (Lipinski definition) is 3. The summed E-state index contributed by atoms with van der Waals surface area (Å²) in [5, 5.41) is 3.35. The van der Waals surface area contributed by atoms with Gasteiger partial charge in [-0.2, -0.15) is 0 Å². The zero-order valence-corrected chi connectivity index (χ0v) is 11.8. The summed E-state index contributed by atoms with van der Waals surface area (Å²) in [6, 6.07) is 8.61. The maximum absolute atomic E-state index is 12.3. The topological polar surface area (TPSA) is 44.8 Å². The number of nitrogens with one attached hydrogen (secondary N) is 1.